The number of likely N-dealkylation sites (N-methyl/N-ethyl adjacent to an activating group) is 1. The molecule has 1 saturated heterocycles. The second-order valence-corrected chi connectivity index (χ2v) is 2.04. The third-order valence-electron chi connectivity index (χ3n) is 1.29. The molecule has 1 amide bonds. The highest BCUT2D eigenvalue weighted by atomic mass is 16.7. The van der Waals surface area contributed by atoms with Crippen LogP contribution in [0.2, 0.25) is 0 Å². The van der Waals surface area contributed by atoms with Gasteiger partial charge in [0.25, 0.3) is 5.91 Å². The maximum Gasteiger partial charge on any atom is 0.276 e. The van der Waals surface area contributed by atoms with Crippen molar-refractivity contribution in [2.24, 2.45) is 0 Å². The molecule has 0 bridgehead atoms. The summed E-state index contributed by atoms with van der Waals surface area (Å²) in [6, 6.07) is 0. The fourth-order valence-corrected chi connectivity index (χ4v) is 0.757. The summed E-state index contributed by atoms with van der Waals surface area (Å²) in [6.45, 7) is 1.22. The van der Waals surface area contributed by atoms with Crippen LogP contribution in [0.5, 0.6) is 0 Å². The van der Waals surface area contributed by atoms with Crippen molar-refractivity contribution in [2.75, 3.05) is 20.3 Å². The van der Waals surface area contributed by atoms with Crippen LogP contribution in [0.15, 0.2) is 0 Å². The van der Waals surface area contributed by atoms with E-state index in [0.717, 1.165) is 6.42 Å². The lowest BCUT2D eigenvalue weighted by Crippen LogP contribution is -2.39. The van der Waals surface area contributed by atoms with E-state index in [2.05, 4.69) is 5.32 Å². The first-order valence-corrected chi connectivity index (χ1v) is 3.29. The monoisotopic (exact) mass is 145 g/mol. The van der Waals surface area contributed by atoms with Crippen LogP contribution < -0.4 is 5.32 Å². The average molecular weight is 145 g/mol. The summed E-state index contributed by atoms with van der Waals surface area (Å²) in [6.07, 6.45) is 0.187. The molecule has 0 aliphatic carbocycles. The molecule has 4 heteroatoms. The van der Waals surface area contributed by atoms with Gasteiger partial charge in [0.05, 0.1) is 13.2 Å². The molecule has 0 aromatic rings. The van der Waals surface area contributed by atoms with Gasteiger partial charge in [-0.2, -0.15) is 0 Å². The van der Waals surface area contributed by atoms with Crippen molar-refractivity contribution < 1.29 is 14.3 Å². The van der Waals surface area contributed by atoms with Crippen molar-refractivity contribution in [3.05, 3.63) is 0 Å². The van der Waals surface area contributed by atoms with Gasteiger partial charge in [0.15, 0.2) is 0 Å². The number of rotatable bonds is 1. The highest BCUT2D eigenvalue weighted by Gasteiger charge is 2.20. The van der Waals surface area contributed by atoms with Gasteiger partial charge in [-0.05, 0) is 6.42 Å². The zero-order valence-corrected chi connectivity index (χ0v) is 5.92. The molecular weight excluding hydrogens is 134 g/mol. The van der Waals surface area contributed by atoms with Gasteiger partial charge in [-0.3, -0.25) is 4.79 Å². The van der Waals surface area contributed by atoms with Crippen molar-refractivity contribution in [3.63, 3.8) is 0 Å². The molecule has 0 unspecified atom stereocenters. The SMILES string of the molecule is CNC(=O)C1OCCCO1. The minimum Gasteiger partial charge on any atom is -0.355 e. The summed E-state index contributed by atoms with van der Waals surface area (Å²) in [7, 11) is 1.56. The largest absolute Gasteiger partial charge is 0.355 e. The summed E-state index contributed by atoms with van der Waals surface area (Å²) in [5.74, 6) is -0.209. The topological polar surface area (TPSA) is 47.6 Å². The van der Waals surface area contributed by atoms with Crippen LogP contribution in [-0.4, -0.2) is 32.5 Å². The molecular formula is C6H11NO3. The molecule has 1 aliphatic heterocycles. The molecule has 1 rings (SSSR count). The second-order valence-electron chi connectivity index (χ2n) is 2.04. The number of carbonyl (C=O) groups is 1. The second kappa shape index (κ2) is 3.53. The average Bonchev–Trinajstić information content (AvgIpc) is 2.05. The predicted molar refractivity (Wildman–Crippen MR) is 34.4 cm³/mol. The molecule has 1 heterocycles. The lowest BCUT2D eigenvalue weighted by molar-refractivity contribution is -0.189. The van der Waals surface area contributed by atoms with Crippen LogP contribution in [0, 0.1) is 0 Å². The Labute approximate surface area is 59.5 Å². The van der Waals surface area contributed by atoms with Crippen molar-refractivity contribution in [2.45, 2.75) is 12.7 Å². The quantitative estimate of drug-likeness (QED) is 0.541. The van der Waals surface area contributed by atoms with Crippen LogP contribution >= 0.6 is 0 Å². The fourth-order valence-electron chi connectivity index (χ4n) is 0.757. The van der Waals surface area contributed by atoms with Crippen molar-refractivity contribution >= 4 is 5.91 Å². The molecule has 58 valence electrons. The number of hydrogen-bond donors (Lipinski definition) is 1. The van der Waals surface area contributed by atoms with E-state index in [1.54, 1.807) is 7.05 Å². The highest BCUT2D eigenvalue weighted by molar-refractivity contribution is 5.79. The normalized spacial score (nSPS) is 20.5. The minimum absolute atomic E-state index is 0.209. The van der Waals surface area contributed by atoms with Crippen LogP contribution in [0.1, 0.15) is 6.42 Å². The third-order valence-corrected chi connectivity index (χ3v) is 1.29. The van der Waals surface area contributed by atoms with Gasteiger partial charge in [0.2, 0.25) is 6.29 Å². The minimum atomic E-state index is -0.682. The third kappa shape index (κ3) is 1.68. The molecule has 0 atom stereocenters. The molecule has 0 aromatic heterocycles. The van der Waals surface area contributed by atoms with E-state index in [1.165, 1.54) is 0 Å². The Morgan fingerprint density at radius 2 is 2.10 bits per heavy atom. The number of hydrogen-bond acceptors (Lipinski definition) is 3. The smallest absolute Gasteiger partial charge is 0.276 e. The molecule has 1 N–H and O–H groups in total. The maximum absolute atomic E-state index is 10.8. The number of amides is 1. The zero-order chi connectivity index (χ0) is 7.40. The lowest BCUT2D eigenvalue weighted by atomic mass is 10.4. The molecule has 1 aliphatic rings. The first-order chi connectivity index (χ1) is 4.84. The summed E-state index contributed by atoms with van der Waals surface area (Å²) in [5.41, 5.74) is 0. The first kappa shape index (κ1) is 7.50. The summed E-state index contributed by atoms with van der Waals surface area (Å²) in [4.78, 5) is 10.8. The standard InChI is InChI=1S/C6H11NO3/c1-7-5(8)6-9-3-2-4-10-6/h6H,2-4H2,1H3,(H,7,8). The summed E-state index contributed by atoms with van der Waals surface area (Å²) in [5, 5.41) is 2.45. The van der Waals surface area contributed by atoms with Gasteiger partial charge in [-0.25, -0.2) is 0 Å². The molecule has 4 nitrogen and oxygen atoms in total. The van der Waals surface area contributed by atoms with Crippen LogP contribution in [0.25, 0.3) is 0 Å². The first-order valence-electron chi connectivity index (χ1n) is 3.29. The molecule has 0 radical (unpaired) electrons. The van der Waals surface area contributed by atoms with E-state index in [1.807, 2.05) is 0 Å². The van der Waals surface area contributed by atoms with E-state index in [4.69, 9.17) is 9.47 Å². The molecule has 0 saturated carbocycles. The maximum atomic E-state index is 10.8. The van der Waals surface area contributed by atoms with E-state index >= 15 is 0 Å². The Balaban J connectivity index is 2.31. The van der Waals surface area contributed by atoms with E-state index in [0.29, 0.717) is 13.2 Å². The van der Waals surface area contributed by atoms with Gasteiger partial charge >= 0.3 is 0 Å². The number of nitrogens with one attached hydrogen (secondary N) is 1. The van der Waals surface area contributed by atoms with Crippen LogP contribution in [0.3, 0.4) is 0 Å². The molecule has 0 spiro atoms. The Morgan fingerprint density at radius 1 is 1.50 bits per heavy atom. The zero-order valence-electron chi connectivity index (χ0n) is 5.92. The highest BCUT2D eigenvalue weighted by Crippen LogP contribution is 2.03. The Hall–Kier alpha value is -0.610. The van der Waals surface area contributed by atoms with Crippen molar-refractivity contribution in [3.8, 4) is 0 Å². The van der Waals surface area contributed by atoms with Gasteiger partial charge < -0.3 is 14.8 Å². The predicted octanol–water partition coefficient (Wildman–Crippen LogP) is -0.505. The van der Waals surface area contributed by atoms with Gasteiger partial charge in [0.1, 0.15) is 0 Å². The molecule has 10 heavy (non-hydrogen) atoms. The molecule has 1 fully saturated rings. The fraction of sp³-hybridized carbons (Fsp3) is 0.833. The van der Waals surface area contributed by atoms with Crippen LogP contribution in [-0.2, 0) is 14.3 Å². The number of ether oxygens (including phenoxy) is 2. The molecule has 0 aromatic carbocycles. The summed E-state index contributed by atoms with van der Waals surface area (Å²) >= 11 is 0. The van der Waals surface area contributed by atoms with Crippen molar-refractivity contribution in [1.29, 1.82) is 0 Å². The number of carbonyl (C=O) groups excluding carboxylic acids is 1. The van der Waals surface area contributed by atoms with Gasteiger partial charge in [-0.15, -0.1) is 0 Å². The van der Waals surface area contributed by atoms with E-state index in [-0.39, 0.29) is 5.91 Å². The summed E-state index contributed by atoms with van der Waals surface area (Å²) < 4.78 is 9.99. The van der Waals surface area contributed by atoms with E-state index < -0.39 is 6.29 Å². The van der Waals surface area contributed by atoms with Crippen molar-refractivity contribution in [1.82, 2.24) is 5.32 Å². The Bertz CT molecular complexity index is 120. The van der Waals surface area contributed by atoms with E-state index in [9.17, 15) is 4.79 Å². The lowest BCUT2D eigenvalue weighted by Gasteiger charge is -2.21. The van der Waals surface area contributed by atoms with Crippen LogP contribution in [0.4, 0.5) is 0 Å². The Morgan fingerprint density at radius 3 is 2.60 bits per heavy atom. The van der Waals surface area contributed by atoms with Gasteiger partial charge in [-0.1, -0.05) is 0 Å². The van der Waals surface area contributed by atoms with Gasteiger partial charge in [0, 0.05) is 7.05 Å². The Kier molecular flexibility index (Phi) is 2.65.